The van der Waals surface area contributed by atoms with Crippen molar-refractivity contribution in [1.82, 2.24) is 9.55 Å². The molecule has 3 heterocycles. The van der Waals surface area contributed by atoms with E-state index >= 15 is 0 Å². The molecule has 0 bridgehead atoms. The number of nitrogens with zero attached hydrogens (tertiary/aromatic N) is 2. The minimum Gasteiger partial charge on any atom is -0.493 e. The summed E-state index contributed by atoms with van der Waals surface area (Å²) >= 11 is 0. The van der Waals surface area contributed by atoms with E-state index in [4.69, 9.17) is 23.7 Å². The van der Waals surface area contributed by atoms with Gasteiger partial charge in [-0.1, -0.05) is 13.0 Å². The van der Waals surface area contributed by atoms with Gasteiger partial charge in [-0.15, -0.1) is 0 Å². The van der Waals surface area contributed by atoms with Crippen LogP contribution in [0.25, 0.3) is 32.6 Å². The Balaban J connectivity index is 1.89. The summed E-state index contributed by atoms with van der Waals surface area (Å²) in [4.78, 5) is 18.3. The zero-order chi connectivity index (χ0) is 22.2. The van der Waals surface area contributed by atoms with Crippen molar-refractivity contribution in [1.29, 1.82) is 0 Å². The molecule has 0 radical (unpaired) electrons. The monoisotopic (exact) mass is 434 g/mol. The normalized spacial score (nSPS) is 12.8. The largest absolute Gasteiger partial charge is 0.493 e. The third kappa shape index (κ3) is 3.07. The molecule has 0 N–H and O–H groups in total. The number of hydrogen-bond acceptors (Lipinski definition) is 7. The van der Waals surface area contributed by atoms with Crippen LogP contribution in [-0.2, 0) is 11.5 Å². The van der Waals surface area contributed by atoms with Gasteiger partial charge in [0.05, 0.1) is 36.9 Å². The van der Waals surface area contributed by atoms with Crippen molar-refractivity contribution < 1.29 is 23.7 Å². The van der Waals surface area contributed by atoms with Crippen molar-refractivity contribution in [3.8, 4) is 23.0 Å². The van der Waals surface area contributed by atoms with Gasteiger partial charge in [-0.2, -0.15) is 0 Å². The van der Waals surface area contributed by atoms with Gasteiger partial charge in [0.15, 0.2) is 29.7 Å². The van der Waals surface area contributed by atoms with Crippen LogP contribution in [0.3, 0.4) is 0 Å². The van der Waals surface area contributed by atoms with Crippen LogP contribution in [0.15, 0.2) is 47.6 Å². The molecule has 5 rings (SSSR count). The van der Waals surface area contributed by atoms with Crippen molar-refractivity contribution in [2.45, 2.75) is 20.1 Å². The van der Waals surface area contributed by atoms with Gasteiger partial charge >= 0.3 is 0 Å². The smallest absolute Gasteiger partial charge is 0.261 e. The molecule has 8 heteroatoms. The Hall–Kier alpha value is -3.94. The number of rotatable bonds is 6. The highest BCUT2D eigenvalue weighted by Crippen LogP contribution is 2.40. The molecule has 4 aromatic rings. The Bertz CT molecular complexity index is 1440. The van der Waals surface area contributed by atoms with E-state index in [9.17, 15) is 4.79 Å². The van der Waals surface area contributed by atoms with E-state index in [-0.39, 0.29) is 19.1 Å². The highest BCUT2D eigenvalue weighted by molar-refractivity contribution is 6.15. The molecule has 32 heavy (non-hydrogen) atoms. The molecule has 2 aromatic carbocycles. The number of aromatic nitrogens is 2. The van der Waals surface area contributed by atoms with Crippen LogP contribution >= 0.6 is 0 Å². The average Bonchev–Trinajstić information content (AvgIpc) is 3.28. The third-order valence-corrected chi connectivity index (χ3v) is 5.53. The summed E-state index contributed by atoms with van der Waals surface area (Å²) in [6.07, 6.45) is 6.08. The summed E-state index contributed by atoms with van der Waals surface area (Å²) in [6, 6.07) is 7.18. The molecular formula is C24H22N2O6. The minimum absolute atomic E-state index is 0.0453. The molecule has 2 aromatic heterocycles. The standard InChI is InChI=1S/C24H22N2O6/c1-4-5-6-30-12-26-23-16-9-21-22(32-13-31-21)10-18(16)25-11-17(23)14-7-19(28-2)20(29-3)8-15(14)24(26)27/h5-11H,4,12-13H2,1-3H3/b6-5+. The van der Waals surface area contributed by atoms with Gasteiger partial charge in [-0.25, -0.2) is 0 Å². The van der Waals surface area contributed by atoms with Crippen LogP contribution in [0.1, 0.15) is 13.3 Å². The molecule has 1 aliphatic rings. The van der Waals surface area contributed by atoms with Crippen LogP contribution in [0, 0.1) is 0 Å². The van der Waals surface area contributed by atoms with E-state index in [1.165, 1.54) is 0 Å². The molecule has 8 nitrogen and oxygen atoms in total. The molecule has 0 saturated carbocycles. The highest BCUT2D eigenvalue weighted by atomic mass is 16.7. The summed E-state index contributed by atoms with van der Waals surface area (Å²) in [5, 5.41) is 2.76. The van der Waals surface area contributed by atoms with Crippen LogP contribution in [0.4, 0.5) is 0 Å². The van der Waals surface area contributed by atoms with E-state index in [1.807, 2.05) is 25.1 Å². The number of fused-ring (bicyclic) bond motifs is 6. The van der Waals surface area contributed by atoms with E-state index in [0.717, 1.165) is 22.6 Å². The zero-order valence-corrected chi connectivity index (χ0v) is 18.0. The van der Waals surface area contributed by atoms with Gasteiger partial charge in [0.1, 0.15) is 0 Å². The molecule has 0 atom stereocenters. The average molecular weight is 434 g/mol. The maximum atomic E-state index is 13.6. The van der Waals surface area contributed by atoms with Gasteiger partial charge in [0.25, 0.3) is 5.56 Å². The fourth-order valence-electron chi connectivity index (χ4n) is 3.99. The number of ether oxygens (including phenoxy) is 5. The minimum atomic E-state index is -0.205. The molecule has 0 spiro atoms. The number of benzene rings is 2. The van der Waals surface area contributed by atoms with E-state index < -0.39 is 0 Å². The number of pyridine rings is 2. The van der Waals surface area contributed by atoms with Gasteiger partial charge in [-0.3, -0.25) is 14.3 Å². The predicted octanol–water partition coefficient (Wildman–Crippen LogP) is 4.35. The van der Waals surface area contributed by atoms with Crippen LogP contribution in [0.5, 0.6) is 23.0 Å². The molecule has 0 unspecified atom stereocenters. The Morgan fingerprint density at radius 3 is 2.44 bits per heavy atom. The summed E-state index contributed by atoms with van der Waals surface area (Å²) in [6.45, 7) is 2.21. The Kier molecular flexibility index (Phi) is 4.97. The first-order chi connectivity index (χ1) is 15.7. The van der Waals surface area contributed by atoms with Gasteiger partial charge in [0.2, 0.25) is 6.79 Å². The van der Waals surface area contributed by atoms with E-state index in [2.05, 4.69) is 4.98 Å². The maximum Gasteiger partial charge on any atom is 0.261 e. The van der Waals surface area contributed by atoms with Gasteiger partial charge in [0, 0.05) is 28.4 Å². The lowest BCUT2D eigenvalue weighted by Gasteiger charge is -2.16. The molecule has 164 valence electrons. The molecular weight excluding hydrogens is 412 g/mol. The highest BCUT2D eigenvalue weighted by Gasteiger charge is 2.21. The molecule has 0 aliphatic carbocycles. The van der Waals surface area contributed by atoms with Crippen LogP contribution in [0.2, 0.25) is 0 Å². The fourth-order valence-corrected chi connectivity index (χ4v) is 3.99. The lowest BCUT2D eigenvalue weighted by Crippen LogP contribution is -2.22. The topological polar surface area (TPSA) is 81.0 Å². The van der Waals surface area contributed by atoms with Crippen molar-refractivity contribution in [3.63, 3.8) is 0 Å². The van der Waals surface area contributed by atoms with Crippen molar-refractivity contribution in [2.75, 3.05) is 21.0 Å². The van der Waals surface area contributed by atoms with E-state index in [1.54, 1.807) is 43.4 Å². The number of hydrogen-bond donors (Lipinski definition) is 0. The maximum absolute atomic E-state index is 13.6. The summed E-state index contributed by atoms with van der Waals surface area (Å²) in [5.74, 6) is 2.26. The van der Waals surface area contributed by atoms with Gasteiger partial charge < -0.3 is 23.7 Å². The SMILES string of the molecule is CC/C=C/OCn1c(=O)c2cc(OC)c(OC)cc2c2cnc3cc4c(cc3c21)OCO4. The lowest BCUT2D eigenvalue weighted by atomic mass is 10.0. The molecule has 0 amide bonds. The van der Waals surface area contributed by atoms with Crippen molar-refractivity contribution in [3.05, 3.63) is 53.2 Å². The predicted molar refractivity (Wildman–Crippen MR) is 121 cm³/mol. The lowest BCUT2D eigenvalue weighted by molar-refractivity contribution is 0.174. The second kappa shape index (κ2) is 7.96. The molecule has 0 saturated heterocycles. The number of allylic oxidation sites excluding steroid dienone is 1. The Labute approximate surface area is 183 Å². The zero-order valence-electron chi connectivity index (χ0n) is 18.0. The first kappa shape index (κ1) is 20.0. The molecule has 1 aliphatic heterocycles. The van der Waals surface area contributed by atoms with Crippen LogP contribution < -0.4 is 24.5 Å². The number of methoxy groups -OCH3 is 2. The summed E-state index contributed by atoms with van der Waals surface area (Å²) < 4.78 is 29.3. The quantitative estimate of drug-likeness (QED) is 0.330. The Morgan fingerprint density at radius 2 is 1.72 bits per heavy atom. The first-order valence-corrected chi connectivity index (χ1v) is 10.2. The Morgan fingerprint density at radius 1 is 1.00 bits per heavy atom. The summed E-state index contributed by atoms with van der Waals surface area (Å²) in [5.41, 5.74) is 1.19. The second-order valence-electron chi connectivity index (χ2n) is 7.30. The van der Waals surface area contributed by atoms with Gasteiger partial charge in [-0.05, 0) is 24.6 Å². The van der Waals surface area contributed by atoms with Crippen LogP contribution in [-0.4, -0.2) is 30.6 Å². The third-order valence-electron chi connectivity index (χ3n) is 5.53. The van der Waals surface area contributed by atoms with E-state index in [0.29, 0.717) is 39.4 Å². The first-order valence-electron chi connectivity index (χ1n) is 10.2. The van der Waals surface area contributed by atoms with Crippen molar-refractivity contribution in [2.24, 2.45) is 0 Å². The summed E-state index contributed by atoms with van der Waals surface area (Å²) in [7, 11) is 3.11. The molecule has 0 fully saturated rings. The van der Waals surface area contributed by atoms with Crippen molar-refractivity contribution >= 4 is 32.6 Å². The fraction of sp³-hybridized carbons (Fsp3) is 0.250. The second-order valence-corrected chi connectivity index (χ2v) is 7.30.